The number of hydrogen-bond donors (Lipinski definition) is 2. The van der Waals surface area contributed by atoms with E-state index in [-0.39, 0.29) is 11.4 Å². The van der Waals surface area contributed by atoms with E-state index in [9.17, 15) is 4.79 Å². The Morgan fingerprint density at radius 3 is 2.59 bits per heavy atom. The maximum atomic E-state index is 11.9. The van der Waals surface area contributed by atoms with Crippen molar-refractivity contribution < 1.29 is 4.79 Å². The summed E-state index contributed by atoms with van der Waals surface area (Å²) in [7, 11) is 0. The van der Waals surface area contributed by atoms with Crippen LogP contribution in [0.1, 0.15) is 19.4 Å². The number of halogens is 2. The molecule has 0 aliphatic carbocycles. The van der Waals surface area contributed by atoms with Gasteiger partial charge in [0.15, 0.2) is 0 Å². The van der Waals surface area contributed by atoms with Crippen LogP contribution in [0.2, 0.25) is 10.0 Å². The van der Waals surface area contributed by atoms with Gasteiger partial charge < -0.3 is 5.32 Å². The minimum atomic E-state index is -0.299. The summed E-state index contributed by atoms with van der Waals surface area (Å²) in [6.45, 7) is 4.49. The van der Waals surface area contributed by atoms with Gasteiger partial charge in [-0.3, -0.25) is 5.32 Å². The second-order valence-corrected chi connectivity index (χ2v) is 6.35. The van der Waals surface area contributed by atoms with Crippen LogP contribution in [-0.4, -0.2) is 17.6 Å². The summed E-state index contributed by atoms with van der Waals surface area (Å²) in [5.41, 5.74) is 0.718. The zero-order valence-electron chi connectivity index (χ0n) is 12.4. The van der Waals surface area contributed by atoms with Crippen LogP contribution >= 0.6 is 23.2 Å². The number of anilines is 1. The highest BCUT2D eigenvalue weighted by atomic mass is 35.5. The first-order valence-electron chi connectivity index (χ1n) is 6.80. The number of carbonyl (C=O) groups is 1. The third kappa shape index (κ3) is 4.36. The highest BCUT2D eigenvalue weighted by Crippen LogP contribution is 2.29. The predicted molar refractivity (Wildman–Crippen MR) is 90.7 cm³/mol. The molecule has 1 aromatic carbocycles. The van der Waals surface area contributed by atoms with Gasteiger partial charge in [0.1, 0.15) is 5.82 Å². The number of benzene rings is 1. The van der Waals surface area contributed by atoms with Crippen LogP contribution < -0.4 is 10.6 Å². The summed E-state index contributed by atoms with van der Waals surface area (Å²) in [6, 6.07) is 10.5. The molecule has 0 unspecified atom stereocenters. The lowest BCUT2D eigenvalue weighted by molar-refractivity contribution is 0.249. The first kappa shape index (κ1) is 16.6. The zero-order valence-corrected chi connectivity index (χ0v) is 13.9. The molecule has 0 saturated carbocycles. The monoisotopic (exact) mass is 337 g/mol. The number of carbonyl (C=O) groups excluding carboxylic acids is 1. The van der Waals surface area contributed by atoms with Crippen molar-refractivity contribution in [3.05, 3.63) is 58.2 Å². The molecule has 116 valence electrons. The van der Waals surface area contributed by atoms with Crippen LogP contribution in [0, 0.1) is 0 Å². The molecule has 0 aliphatic rings. The van der Waals surface area contributed by atoms with Crippen molar-refractivity contribution in [1.29, 1.82) is 0 Å². The highest BCUT2D eigenvalue weighted by molar-refractivity contribution is 6.42. The average molecular weight is 338 g/mol. The summed E-state index contributed by atoms with van der Waals surface area (Å²) in [5.74, 6) is 0.507. The standard InChI is InChI=1S/C16H17Cl2N3O/c1-16(2,11-6-7-12(17)13(18)9-11)10-20-15(22)21-14-5-3-4-8-19-14/h3-9H,10H2,1-2H3,(H2,19,20,21,22). The molecule has 0 atom stereocenters. The van der Waals surface area contributed by atoms with E-state index in [1.165, 1.54) is 0 Å². The fraction of sp³-hybridized carbons (Fsp3) is 0.250. The molecule has 0 saturated heterocycles. The van der Waals surface area contributed by atoms with Gasteiger partial charge in [0.05, 0.1) is 10.0 Å². The second-order valence-electron chi connectivity index (χ2n) is 5.54. The van der Waals surface area contributed by atoms with Gasteiger partial charge in [-0.05, 0) is 29.8 Å². The molecule has 6 heteroatoms. The number of nitrogens with zero attached hydrogens (tertiary/aromatic N) is 1. The van der Waals surface area contributed by atoms with Gasteiger partial charge in [-0.25, -0.2) is 9.78 Å². The lowest BCUT2D eigenvalue weighted by atomic mass is 9.84. The number of hydrogen-bond acceptors (Lipinski definition) is 2. The SMILES string of the molecule is CC(C)(CNC(=O)Nc1ccccn1)c1ccc(Cl)c(Cl)c1. The molecule has 22 heavy (non-hydrogen) atoms. The molecule has 2 aromatic rings. The van der Waals surface area contributed by atoms with Crippen molar-refractivity contribution in [3.8, 4) is 0 Å². The highest BCUT2D eigenvalue weighted by Gasteiger charge is 2.22. The first-order chi connectivity index (χ1) is 10.4. The molecule has 0 radical (unpaired) electrons. The maximum Gasteiger partial charge on any atom is 0.320 e. The minimum Gasteiger partial charge on any atom is -0.337 e. The van der Waals surface area contributed by atoms with E-state index in [1.54, 1.807) is 24.4 Å². The summed E-state index contributed by atoms with van der Waals surface area (Å²) in [5, 5.41) is 6.54. The van der Waals surface area contributed by atoms with Crippen molar-refractivity contribution in [3.63, 3.8) is 0 Å². The third-order valence-corrected chi connectivity index (χ3v) is 4.04. The normalized spacial score (nSPS) is 11.1. The number of pyridine rings is 1. The Morgan fingerprint density at radius 1 is 1.18 bits per heavy atom. The van der Waals surface area contributed by atoms with Gasteiger partial charge in [-0.2, -0.15) is 0 Å². The molecule has 0 spiro atoms. The molecule has 2 N–H and O–H groups in total. The summed E-state index contributed by atoms with van der Waals surface area (Å²) in [4.78, 5) is 15.9. The third-order valence-electron chi connectivity index (χ3n) is 3.30. The molecule has 2 rings (SSSR count). The Bertz CT molecular complexity index is 660. The first-order valence-corrected chi connectivity index (χ1v) is 7.55. The van der Waals surface area contributed by atoms with E-state index in [4.69, 9.17) is 23.2 Å². The molecular formula is C16H17Cl2N3O. The summed E-state index contributed by atoms with van der Waals surface area (Å²) >= 11 is 12.0. The number of rotatable bonds is 4. The number of aromatic nitrogens is 1. The molecule has 4 nitrogen and oxygen atoms in total. The van der Waals surface area contributed by atoms with E-state index in [0.29, 0.717) is 22.4 Å². The molecule has 1 heterocycles. The fourth-order valence-electron chi connectivity index (χ4n) is 1.92. The predicted octanol–water partition coefficient (Wildman–Crippen LogP) is 4.49. The fourth-order valence-corrected chi connectivity index (χ4v) is 2.22. The van der Waals surface area contributed by atoms with Crippen LogP contribution in [0.3, 0.4) is 0 Å². The summed E-state index contributed by atoms with van der Waals surface area (Å²) in [6.07, 6.45) is 1.62. The Morgan fingerprint density at radius 2 is 1.95 bits per heavy atom. The van der Waals surface area contributed by atoms with Crippen molar-refractivity contribution in [2.75, 3.05) is 11.9 Å². The lowest BCUT2D eigenvalue weighted by Crippen LogP contribution is -2.39. The molecule has 1 aromatic heterocycles. The Kier molecular flexibility index (Phi) is 5.27. The quantitative estimate of drug-likeness (QED) is 0.863. The lowest BCUT2D eigenvalue weighted by Gasteiger charge is -2.26. The summed E-state index contributed by atoms with van der Waals surface area (Å²) < 4.78 is 0. The number of urea groups is 1. The van der Waals surface area contributed by atoms with E-state index in [0.717, 1.165) is 5.56 Å². The van der Waals surface area contributed by atoms with Gasteiger partial charge >= 0.3 is 6.03 Å². The number of nitrogens with one attached hydrogen (secondary N) is 2. The Hall–Kier alpha value is -1.78. The van der Waals surface area contributed by atoms with Crippen molar-refractivity contribution >= 4 is 35.1 Å². The van der Waals surface area contributed by atoms with E-state index in [1.807, 2.05) is 32.0 Å². The van der Waals surface area contributed by atoms with Gasteiger partial charge in [-0.1, -0.05) is 49.2 Å². The largest absolute Gasteiger partial charge is 0.337 e. The van der Waals surface area contributed by atoms with Crippen molar-refractivity contribution in [2.45, 2.75) is 19.3 Å². The maximum absolute atomic E-state index is 11.9. The Balaban J connectivity index is 1.97. The molecule has 0 aliphatic heterocycles. The average Bonchev–Trinajstić information content (AvgIpc) is 2.49. The van der Waals surface area contributed by atoms with Crippen LogP contribution in [0.5, 0.6) is 0 Å². The molecular weight excluding hydrogens is 321 g/mol. The van der Waals surface area contributed by atoms with Gasteiger partial charge in [0, 0.05) is 18.2 Å². The van der Waals surface area contributed by atoms with E-state index < -0.39 is 0 Å². The van der Waals surface area contributed by atoms with Crippen molar-refractivity contribution in [2.24, 2.45) is 0 Å². The molecule has 0 bridgehead atoms. The second kappa shape index (κ2) is 6.99. The zero-order chi connectivity index (χ0) is 16.2. The van der Waals surface area contributed by atoms with Crippen LogP contribution in [0.4, 0.5) is 10.6 Å². The molecule has 2 amide bonds. The number of amides is 2. The minimum absolute atomic E-state index is 0.282. The van der Waals surface area contributed by atoms with E-state index in [2.05, 4.69) is 15.6 Å². The van der Waals surface area contributed by atoms with Crippen LogP contribution in [0.15, 0.2) is 42.6 Å². The van der Waals surface area contributed by atoms with Crippen molar-refractivity contribution in [1.82, 2.24) is 10.3 Å². The van der Waals surface area contributed by atoms with Gasteiger partial charge in [0.2, 0.25) is 0 Å². The Labute approximate surface area is 139 Å². The van der Waals surface area contributed by atoms with Crippen LogP contribution in [-0.2, 0) is 5.41 Å². The van der Waals surface area contributed by atoms with Gasteiger partial charge in [-0.15, -0.1) is 0 Å². The van der Waals surface area contributed by atoms with Crippen LogP contribution in [0.25, 0.3) is 0 Å². The van der Waals surface area contributed by atoms with Gasteiger partial charge in [0.25, 0.3) is 0 Å². The topological polar surface area (TPSA) is 54.0 Å². The molecule has 0 fully saturated rings. The van der Waals surface area contributed by atoms with E-state index >= 15 is 0 Å². The smallest absolute Gasteiger partial charge is 0.320 e.